The van der Waals surface area contributed by atoms with Crippen LogP contribution in [0.2, 0.25) is 0 Å². The highest BCUT2D eigenvalue weighted by atomic mass is 16.2. The van der Waals surface area contributed by atoms with Crippen molar-refractivity contribution in [2.75, 3.05) is 0 Å². The summed E-state index contributed by atoms with van der Waals surface area (Å²) >= 11 is 0. The molecule has 0 heterocycles. The van der Waals surface area contributed by atoms with E-state index in [-0.39, 0.29) is 18.4 Å². The summed E-state index contributed by atoms with van der Waals surface area (Å²) in [5.41, 5.74) is 0.152. The summed E-state index contributed by atoms with van der Waals surface area (Å²) in [6.45, 7) is 4.68. The Kier molecular flexibility index (Phi) is 3.04. The molecule has 0 aliphatic heterocycles. The van der Waals surface area contributed by atoms with Crippen molar-refractivity contribution < 1.29 is 14.4 Å². The second kappa shape index (κ2) is 3.55. The topological polar surface area (TPSA) is 54.5 Å². The molecule has 4 heteroatoms. The molecule has 10 heavy (non-hydrogen) atoms. The number of carbonyl (C=O) groups is 3. The molecule has 54 valence electrons. The summed E-state index contributed by atoms with van der Waals surface area (Å²) in [5, 5.41) is 0. The second-order valence-corrected chi connectivity index (χ2v) is 1.70. The first-order valence-electron chi connectivity index (χ1n) is 2.52. The number of hydrogen-bond donors (Lipinski definition) is 0. The van der Waals surface area contributed by atoms with Crippen LogP contribution in [-0.4, -0.2) is 23.6 Å². The van der Waals surface area contributed by atoms with Gasteiger partial charge in [-0.25, -0.2) is 4.90 Å². The van der Waals surface area contributed by atoms with Crippen molar-refractivity contribution in [1.29, 1.82) is 0 Å². The molecular weight excluding hydrogens is 134 g/mol. The molecule has 0 aliphatic carbocycles. The molecule has 0 bridgehead atoms. The minimum atomic E-state index is -0.676. The molecule has 0 saturated heterocycles. The van der Waals surface area contributed by atoms with Crippen molar-refractivity contribution in [2.45, 2.75) is 6.92 Å². The number of nitrogens with zero attached hydrogens (tertiary/aromatic N) is 1. The molecule has 0 atom stereocenters. The van der Waals surface area contributed by atoms with E-state index < -0.39 is 5.91 Å². The van der Waals surface area contributed by atoms with Crippen LogP contribution in [0.4, 0.5) is 0 Å². The van der Waals surface area contributed by atoms with Crippen molar-refractivity contribution in [3.8, 4) is 0 Å². The molecule has 0 aromatic heterocycles. The van der Waals surface area contributed by atoms with Gasteiger partial charge in [-0.1, -0.05) is 6.58 Å². The highest BCUT2D eigenvalue weighted by Crippen LogP contribution is 1.91. The van der Waals surface area contributed by atoms with Crippen LogP contribution in [0.1, 0.15) is 6.92 Å². The van der Waals surface area contributed by atoms with Gasteiger partial charge in [0, 0.05) is 5.57 Å². The lowest BCUT2D eigenvalue weighted by Crippen LogP contribution is -2.28. The van der Waals surface area contributed by atoms with Crippen LogP contribution >= 0.6 is 0 Å². The Morgan fingerprint density at radius 3 is 1.90 bits per heavy atom. The fourth-order valence-corrected chi connectivity index (χ4v) is 0.341. The third-order valence-corrected chi connectivity index (χ3v) is 0.827. The average Bonchev–Trinajstić information content (AvgIpc) is 1.90. The van der Waals surface area contributed by atoms with E-state index in [1.54, 1.807) is 0 Å². The SMILES string of the molecule is C=C(C)C(=O)N(C=O)C=O. The Morgan fingerprint density at radius 2 is 1.80 bits per heavy atom. The van der Waals surface area contributed by atoms with Crippen LogP contribution in [0.5, 0.6) is 0 Å². The Bertz CT molecular complexity index is 177. The number of hydrogen-bond acceptors (Lipinski definition) is 3. The molecule has 4 nitrogen and oxygen atoms in total. The van der Waals surface area contributed by atoms with Gasteiger partial charge in [0.15, 0.2) is 0 Å². The smallest absolute Gasteiger partial charge is 0.261 e. The zero-order valence-corrected chi connectivity index (χ0v) is 5.53. The zero-order valence-electron chi connectivity index (χ0n) is 5.53. The van der Waals surface area contributed by atoms with E-state index >= 15 is 0 Å². The van der Waals surface area contributed by atoms with Crippen LogP contribution in [-0.2, 0) is 14.4 Å². The standard InChI is InChI=1S/C6H7NO3/c1-5(2)6(10)7(3-8)4-9/h3-4H,1H2,2H3. The van der Waals surface area contributed by atoms with E-state index in [9.17, 15) is 14.4 Å². The quantitative estimate of drug-likeness (QED) is 0.400. The lowest BCUT2D eigenvalue weighted by atomic mass is 10.3. The highest BCUT2D eigenvalue weighted by molar-refractivity contribution is 6.05. The van der Waals surface area contributed by atoms with E-state index in [0.29, 0.717) is 4.90 Å². The van der Waals surface area contributed by atoms with Gasteiger partial charge < -0.3 is 0 Å². The Balaban J connectivity index is 4.29. The summed E-state index contributed by atoms with van der Waals surface area (Å²) < 4.78 is 0. The summed E-state index contributed by atoms with van der Waals surface area (Å²) in [6, 6.07) is 0. The third-order valence-electron chi connectivity index (χ3n) is 0.827. The van der Waals surface area contributed by atoms with Crippen LogP contribution < -0.4 is 0 Å². The second-order valence-electron chi connectivity index (χ2n) is 1.70. The van der Waals surface area contributed by atoms with Gasteiger partial charge in [0.2, 0.25) is 12.8 Å². The molecule has 0 aromatic carbocycles. The van der Waals surface area contributed by atoms with E-state index in [4.69, 9.17) is 0 Å². The van der Waals surface area contributed by atoms with Crippen molar-refractivity contribution >= 4 is 18.7 Å². The molecule has 0 radical (unpaired) electrons. The highest BCUT2D eigenvalue weighted by Gasteiger charge is 2.10. The summed E-state index contributed by atoms with van der Waals surface area (Å²) in [6.07, 6.45) is 0.286. The van der Waals surface area contributed by atoms with Gasteiger partial charge in [0.25, 0.3) is 5.91 Å². The molecule has 0 aromatic rings. The normalized spacial score (nSPS) is 8.10. The van der Waals surface area contributed by atoms with Gasteiger partial charge in [-0.05, 0) is 6.92 Å². The van der Waals surface area contributed by atoms with Gasteiger partial charge in [-0.15, -0.1) is 0 Å². The maximum atomic E-state index is 10.7. The molecule has 0 aliphatic rings. The molecule has 0 saturated carbocycles. The maximum absolute atomic E-state index is 10.7. The lowest BCUT2D eigenvalue weighted by Gasteiger charge is -2.04. The van der Waals surface area contributed by atoms with Gasteiger partial charge in [0.05, 0.1) is 0 Å². The average molecular weight is 141 g/mol. The molecule has 0 N–H and O–H groups in total. The molecular formula is C6H7NO3. The van der Waals surface area contributed by atoms with Crippen molar-refractivity contribution in [3.05, 3.63) is 12.2 Å². The molecule has 0 spiro atoms. The van der Waals surface area contributed by atoms with E-state index in [2.05, 4.69) is 6.58 Å². The third kappa shape index (κ3) is 1.81. The summed E-state index contributed by atoms with van der Waals surface area (Å²) in [5.74, 6) is -0.676. The van der Waals surface area contributed by atoms with Gasteiger partial charge in [-0.3, -0.25) is 14.4 Å². The number of amides is 3. The first-order chi connectivity index (χ1) is 4.63. The van der Waals surface area contributed by atoms with Gasteiger partial charge in [-0.2, -0.15) is 0 Å². The van der Waals surface area contributed by atoms with Crippen LogP contribution in [0, 0.1) is 0 Å². The van der Waals surface area contributed by atoms with Gasteiger partial charge in [0.1, 0.15) is 0 Å². The summed E-state index contributed by atoms with van der Waals surface area (Å²) in [7, 11) is 0. The van der Waals surface area contributed by atoms with E-state index in [1.807, 2.05) is 0 Å². The van der Waals surface area contributed by atoms with Crippen LogP contribution in [0.25, 0.3) is 0 Å². The summed E-state index contributed by atoms with van der Waals surface area (Å²) in [4.78, 5) is 30.9. The first-order valence-corrected chi connectivity index (χ1v) is 2.52. The predicted molar refractivity (Wildman–Crippen MR) is 33.8 cm³/mol. The Morgan fingerprint density at radius 1 is 1.40 bits per heavy atom. The molecule has 0 fully saturated rings. The number of imide groups is 3. The van der Waals surface area contributed by atoms with Crippen molar-refractivity contribution in [3.63, 3.8) is 0 Å². The number of rotatable bonds is 3. The van der Waals surface area contributed by atoms with Crippen LogP contribution in [0.3, 0.4) is 0 Å². The van der Waals surface area contributed by atoms with Crippen molar-refractivity contribution in [1.82, 2.24) is 4.90 Å². The predicted octanol–water partition coefficient (Wildman–Crippen LogP) is -0.296. The van der Waals surface area contributed by atoms with E-state index in [1.165, 1.54) is 6.92 Å². The minimum Gasteiger partial charge on any atom is -0.278 e. The lowest BCUT2D eigenvalue weighted by molar-refractivity contribution is -0.141. The minimum absolute atomic E-state index is 0.143. The van der Waals surface area contributed by atoms with E-state index in [0.717, 1.165) is 0 Å². The first kappa shape index (κ1) is 8.55. The largest absolute Gasteiger partial charge is 0.278 e. The van der Waals surface area contributed by atoms with Crippen molar-refractivity contribution in [2.24, 2.45) is 0 Å². The molecule has 0 rings (SSSR count). The monoisotopic (exact) mass is 141 g/mol. The fourth-order valence-electron chi connectivity index (χ4n) is 0.341. The molecule has 0 unspecified atom stereocenters. The Hall–Kier alpha value is -1.45. The maximum Gasteiger partial charge on any atom is 0.261 e. The van der Waals surface area contributed by atoms with Crippen LogP contribution in [0.15, 0.2) is 12.2 Å². The fraction of sp³-hybridized carbons (Fsp3) is 0.167. The zero-order chi connectivity index (χ0) is 8.15. The number of carbonyl (C=O) groups excluding carboxylic acids is 3. The Labute approximate surface area is 58.1 Å². The molecule has 3 amide bonds. The van der Waals surface area contributed by atoms with Gasteiger partial charge >= 0.3 is 0 Å².